The maximum atomic E-state index is 9.63. The van der Waals surface area contributed by atoms with Crippen LogP contribution in [-0.2, 0) is 0 Å². The molecule has 0 spiro atoms. The summed E-state index contributed by atoms with van der Waals surface area (Å²) in [4.78, 5) is 4.16. The summed E-state index contributed by atoms with van der Waals surface area (Å²) in [5, 5.41) is 9.63. The van der Waals surface area contributed by atoms with Crippen molar-refractivity contribution in [1.82, 2.24) is 4.98 Å². The number of allylic oxidation sites excluding steroid dienone is 4. The first-order valence-electron chi connectivity index (χ1n) is 10.9. The maximum absolute atomic E-state index is 9.63. The Balaban J connectivity index is 1.35. The minimum atomic E-state index is -0.375. The lowest BCUT2D eigenvalue weighted by Gasteiger charge is -2.39. The summed E-state index contributed by atoms with van der Waals surface area (Å²) in [6.45, 7) is 3.19. The van der Waals surface area contributed by atoms with Crippen LogP contribution in [0.3, 0.4) is 0 Å². The lowest BCUT2D eigenvalue weighted by atomic mass is 9.66. The zero-order chi connectivity index (χ0) is 20.5. The van der Waals surface area contributed by atoms with Crippen molar-refractivity contribution in [1.29, 1.82) is 0 Å². The van der Waals surface area contributed by atoms with Gasteiger partial charge in [0, 0.05) is 11.6 Å². The van der Waals surface area contributed by atoms with E-state index in [2.05, 4.69) is 24.1 Å². The molecule has 2 saturated carbocycles. The lowest BCUT2D eigenvalue weighted by Crippen LogP contribution is -2.42. The number of pyridine rings is 1. The van der Waals surface area contributed by atoms with E-state index in [4.69, 9.17) is 15.2 Å². The molecule has 0 amide bonds. The molecular weight excluding hydrogens is 364 g/mol. The molecule has 158 valence electrons. The van der Waals surface area contributed by atoms with Gasteiger partial charge in [0.15, 0.2) is 0 Å². The summed E-state index contributed by atoms with van der Waals surface area (Å²) in [6.07, 6.45) is 15.8. The number of nitrogens with two attached hydrogens (primary N) is 1. The van der Waals surface area contributed by atoms with Crippen molar-refractivity contribution >= 4 is 0 Å². The Morgan fingerprint density at radius 2 is 2.07 bits per heavy atom. The standard InChI is InChI=1S/C24H34N2O3/c1-23(20-6-8-24(25,12-20)16-27)7-5-18-9-17(3-4-19(18)11-23)15-29-22-10-21(28-2)13-26-14-22/h5,10-11,13-14,17,20,27H,3-4,6-9,12,15-16,25H2,1-2H3/t17-,20+,23?,24-/m1/s1. The Morgan fingerprint density at radius 3 is 2.83 bits per heavy atom. The van der Waals surface area contributed by atoms with E-state index in [1.807, 2.05) is 6.07 Å². The molecule has 29 heavy (non-hydrogen) atoms. The molecule has 5 heteroatoms. The molecule has 2 fully saturated rings. The average molecular weight is 399 g/mol. The summed E-state index contributed by atoms with van der Waals surface area (Å²) in [6, 6.07) is 1.89. The number of aromatic nitrogens is 1. The number of rotatable bonds is 6. The molecular formula is C24H34N2O3. The largest absolute Gasteiger partial charge is 0.495 e. The molecule has 3 aliphatic carbocycles. The van der Waals surface area contributed by atoms with Gasteiger partial charge in [-0.05, 0) is 73.3 Å². The van der Waals surface area contributed by atoms with Crippen LogP contribution in [-0.4, -0.2) is 36.0 Å². The van der Waals surface area contributed by atoms with Crippen LogP contribution in [0.25, 0.3) is 0 Å². The molecule has 4 rings (SSSR count). The predicted octanol–water partition coefficient (Wildman–Crippen LogP) is 4.02. The molecule has 3 N–H and O–H groups in total. The van der Waals surface area contributed by atoms with E-state index in [9.17, 15) is 5.11 Å². The first-order chi connectivity index (χ1) is 13.9. The topological polar surface area (TPSA) is 77.6 Å². The highest BCUT2D eigenvalue weighted by atomic mass is 16.5. The van der Waals surface area contributed by atoms with Gasteiger partial charge in [0.25, 0.3) is 0 Å². The van der Waals surface area contributed by atoms with Crippen molar-refractivity contribution in [2.45, 2.75) is 57.4 Å². The van der Waals surface area contributed by atoms with Gasteiger partial charge in [-0.3, -0.25) is 4.98 Å². The monoisotopic (exact) mass is 398 g/mol. The molecule has 0 radical (unpaired) electrons. The van der Waals surface area contributed by atoms with Gasteiger partial charge in [0.2, 0.25) is 0 Å². The van der Waals surface area contributed by atoms with Crippen LogP contribution in [0.1, 0.15) is 51.9 Å². The molecule has 0 bridgehead atoms. The first kappa shape index (κ1) is 20.4. The van der Waals surface area contributed by atoms with E-state index in [0.29, 0.717) is 18.4 Å². The van der Waals surface area contributed by atoms with Crippen molar-refractivity contribution in [2.24, 2.45) is 23.0 Å². The summed E-state index contributed by atoms with van der Waals surface area (Å²) < 4.78 is 11.2. The maximum Gasteiger partial charge on any atom is 0.141 e. The third-order valence-electron chi connectivity index (χ3n) is 7.34. The number of fused-ring (bicyclic) bond motifs is 1. The van der Waals surface area contributed by atoms with Crippen molar-refractivity contribution in [3.63, 3.8) is 0 Å². The summed E-state index contributed by atoms with van der Waals surface area (Å²) in [5.74, 6) is 2.59. The molecule has 1 aromatic heterocycles. The van der Waals surface area contributed by atoms with Crippen LogP contribution in [0.2, 0.25) is 0 Å². The number of ether oxygens (including phenoxy) is 2. The van der Waals surface area contributed by atoms with Crippen molar-refractivity contribution in [2.75, 3.05) is 20.3 Å². The van der Waals surface area contributed by atoms with E-state index in [0.717, 1.165) is 56.4 Å². The molecule has 1 heterocycles. The zero-order valence-electron chi connectivity index (χ0n) is 17.7. The smallest absolute Gasteiger partial charge is 0.141 e. The second-order valence-corrected chi connectivity index (χ2v) is 9.55. The molecule has 0 saturated heterocycles. The normalized spacial score (nSPS) is 34.2. The lowest BCUT2D eigenvalue weighted by molar-refractivity contribution is 0.178. The highest BCUT2D eigenvalue weighted by molar-refractivity contribution is 5.39. The fourth-order valence-electron chi connectivity index (χ4n) is 5.34. The van der Waals surface area contributed by atoms with Gasteiger partial charge >= 0.3 is 0 Å². The van der Waals surface area contributed by atoms with Crippen molar-refractivity contribution in [3.8, 4) is 11.5 Å². The number of aliphatic hydroxyl groups excluding tert-OH is 1. The minimum Gasteiger partial charge on any atom is -0.495 e. The van der Waals surface area contributed by atoms with Gasteiger partial charge in [-0.2, -0.15) is 0 Å². The van der Waals surface area contributed by atoms with Gasteiger partial charge in [-0.1, -0.05) is 19.1 Å². The predicted molar refractivity (Wildman–Crippen MR) is 114 cm³/mol. The fourth-order valence-corrected chi connectivity index (χ4v) is 5.34. The molecule has 0 aromatic carbocycles. The number of methoxy groups -OCH3 is 1. The fraction of sp³-hybridized carbons (Fsp3) is 0.625. The van der Waals surface area contributed by atoms with Crippen LogP contribution >= 0.6 is 0 Å². The van der Waals surface area contributed by atoms with Gasteiger partial charge < -0.3 is 20.3 Å². The number of aliphatic hydroxyl groups is 1. The summed E-state index contributed by atoms with van der Waals surface area (Å²) in [7, 11) is 1.64. The molecule has 4 atom stereocenters. The van der Waals surface area contributed by atoms with E-state index in [1.165, 1.54) is 11.1 Å². The van der Waals surface area contributed by atoms with Crippen LogP contribution < -0.4 is 15.2 Å². The molecule has 1 unspecified atom stereocenters. The quantitative estimate of drug-likeness (QED) is 0.757. The Morgan fingerprint density at radius 1 is 1.24 bits per heavy atom. The van der Waals surface area contributed by atoms with Crippen LogP contribution in [0.5, 0.6) is 11.5 Å². The van der Waals surface area contributed by atoms with E-state index in [-0.39, 0.29) is 17.6 Å². The SMILES string of the molecule is COc1cncc(OC[C@@H]2CCC3=CC(C)([C@H]4CC[C@](N)(CO)C4)CC=C3C2)c1. The molecule has 5 nitrogen and oxygen atoms in total. The molecule has 0 aliphatic heterocycles. The number of hydrogen-bond acceptors (Lipinski definition) is 5. The third-order valence-corrected chi connectivity index (χ3v) is 7.34. The summed E-state index contributed by atoms with van der Waals surface area (Å²) in [5.41, 5.74) is 9.18. The Kier molecular flexibility index (Phi) is 5.71. The van der Waals surface area contributed by atoms with E-state index in [1.54, 1.807) is 19.5 Å². The minimum absolute atomic E-state index is 0.0989. The van der Waals surface area contributed by atoms with Crippen molar-refractivity contribution < 1.29 is 14.6 Å². The van der Waals surface area contributed by atoms with Gasteiger partial charge in [0.1, 0.15) is 11.5 Å². The van der Waals surface area contributed by atoms with Gasteiger partial charge in [0.05, 0.1) is 32.7 Å². The average Bonchev–Trinajstić information content (AvgIpc) is 3.16. The zero-order valence-corrected chi connectivity index (χ0v) is 17.7. The third kappa shape index (κ3) is 4.36. The second-order valence-electron chi connectivity index (χ2n) is 9.55. The Labute approximate surface area is 174 Å². The summed E-state index contributed by atoms with van der Waals surface area (Å²) >= 11 is 0. The van der Waals surface area contributed by atoms with E-state index >= 15 is 0 Å². The van der Waals surface area contributed by atoms with E-state index < -0.39 is 0 Å². The number of nitrogens with zero attached hydrogens (tertiary/aromatic N) is 1. The highest BCUT2D eigenvalue weighted by Crippen LogP contribution is 2.51. The highest BCUT2D eigenvalue weighted by Gasteiger charge is 2.44. The van der Waals surface area contributed by atoms with Crippen LogP contribution in [0.4, 0.5) is 0 Å². The molecule has 1 aromatic rings. The molecule has 3 aliphatic rings. The van der Waals surface area contributed by atoms with Gasteiger partial charge in [-0.25, -0.2) is 0 Å². The van der Waals surface area contributed by atoms with Crippen molar-refractivity contribution in [3.05, 3.63) is 41.8 Å². The van der Waals surface area contributed by atoms with Gasteiger partial charge in [-0.15, -0.1) is 0 Å². The first-order valence-corrected chi connectivity index (χ1v) is 10.9. The Hall–Kier alpha value is -1.85. The Bertz CT molecular complexity index is 805. The van der Waals surface area contributed by atoms with Crippen LogP contribution in [0.15, 0.2) is 41.8 Å². The second kappa shape index (κ2) is 8.11. The number of hydrogen-bond donors (Lipinski definition) is 2. The van der Waals surface area contributed by atoms with Crippen LogP contribution in [0, 0.1) is 17.3 Å².